The van der Waals surface area contributed by atoms with E-state index in [4.69, 9.17) is 17.3 Å². The first-order valence-electron chi connectivity index (χ1n) is 6.70. The normalized spacial score (nSPS) is 24.4. The summed E-state index contributed by atoms with van der Waals surface area (Å²) in [6.07, 6.45) is 1.32. The van der Waals surface area contributed by atoms with Crippen LogP contribution in [0.5, 0.6) is 0 Å². The molecule has 1 aromatic carbocycles. The molecule has 2 unspecified atom stereocenters. The molecular formula is C15H23ClN2. The lowest BCUT2D eigenvalue weighted by Gasteiger charge is -2.38. The molecule has 0 spiro atoms. The van der Waals surface area contributed by atoms with E-state index in [1.807, 2.05) is 6.92 Å². The lowest BCUT2D eigenvalue weighted by atomic mass is 9.91. The van der Waals surface area contributed by atoms with Crippen molar-refractivity contribution in [3.63, 3.8) is 0 Å². The minimum atomic E-state index is 0.718. The molecule has 2 nitrogen and oxygen atoms in total. The molecule has 100 valence electrons. The van der Waals surface area contributed by atoms with E-state index in [-0.39, 0.29) is 0 Å². The number of rotatable bonds is 1. The molecule has 0 bridgehead atoms. The monoisotopic (exact) mass is 266 g/mol. The SMILES string of the molecule is Cc1cc(N2CC(C)CC(C)C2)c(C)c(Cl)c1N. The number of halogens is 1. The van der Waals surface area contributed by atoms with Gasteiger partial charge >= 0.3 is 0 Å². The molecule has 0 aromatic heterocycles. The summed E-state index contributed by atoms with van der Waals surface area (Å²) < 4.78 is 0. The standard InChI is InChI=1S/C15H23ClN2/c1-9-5-10(2)8-18(7-9)13-6-11(3)15(17)14(16)12(13)4/h6,9-10H,5,7-8,17H2,1-4H3. The van der Waals surface area contributed by atoms with Crippen LogP contribution in [0.4, 0.5) is 11.4 Å². The third-order valence-corrected chi connectivity index (χ3v) is 4.42. The number of benzene rings is 1. The van der Waals surface area contributed by atoms with Crippen LogP contribution in [-0.4, -0.2) is 13.1 Å². The van der Waals surface area contributed by atoms with Crippen LogP contribution in [-0.2, 0) is 0 Å². The Hall–Kier alpha value is -0.890. The first-order chi connectivity index (χ1) is 8.40. The summed E-state index contributed by atoms with van der Waals surface area (Å²) in [6.45, 7) is 11.0. The maximum atomic E-state index is 6.33. The minimum Gasteiger partial charge on any atom is -0.397 e. The van der Waals surface area contributed by atoms with Crippen LogP contribution in [0, 0.1) is 25.7 Å². The number of piperidine rings is 1. The zero-order valence-corrected chi connectivity index (χ0v) is 12.5. The second-order valence-electron chi connectivity index (χ2n) is 5.92. The average molecular weight is 267 g/mol. The van der Waals surface area contributed by atoms with E-state index >= 15 is 0 Å². The number of hydrogen-bond donors (Lipinski definition) is 1. The topological polar surface area (TPSA) is 29.3 Å². The van der Waals surface area contributed by atoms with Crippen molar-refractivity contribution >= 4 is 23.0 Å². The number of anilines is 2. The van der Waals surface area contributed by atoms with Crippen molar-refractivity contribution < 1.29 is 0 Å². The molecular weight excluding hydrogens is 244 g/mol. The van der Waals surface area contributed by atoms with Crippen LogP contribution in [0.15, 0.2) is 6.07 Å². The summed E-state index contributed by atoms with van der Waals surface area (Å²) in [6, 6.07) is 2.18. The lowest BCUT2D eigenvalue weighted by Crippen LogP contribution is -2.39. The predicted octanol–water partition coefficient (Wildman–Crippen LogP) is 4.02. The quantitative estimate of drug-likeness (QED) is 0.778. The maximum absolute atomic E-state index is 6.33. The molecule has 1 fully saturated rings. The van der Waals surface area contributed by atoms with Gasteiger partial charge in [0.2, 0.25) is 0 Å². The van der Waals surface area contributed by atoms with Crippen LogP contribution in [0.2, 0.25) is 5.02 Å². The number of nitrogen functional groups attached to an aromatic ring is 1. The summed E-state index contributed by atoms with van der Waals surface area (Å²) in [5.41, 5.74) is 10.1. The fourth-order valence-electron chi connectivity index (χ4n) is 3.07. The van der Waals surface area contributed by atoms with Crippen LogP contribution in [0.25, 0.3) is 0 Å². The molecule has 1 aromatic rings. The largest absolute Gasteiger partial charge is 0.397 e. The van der Waals surface area contributed by atoms with E-state index in [1.54, 1.807) is 0 Å². The van der Waals surface area contributed by atoms with Gasteiger partial charge in [-0.2, -0.15) is 0 Å². The molecule has 2 N–H and O–H groups in total. The molecule has 3 heteroatoms. The van der Waals surface area contributed by atoms with Crippen LogP contribution < -0.4 is 10.6 Å². The third-order valence-electron chi connectivity index (χ3n) is 3.94. The van der Waals surface area contributed by atoms with Gasteiger partial charge in [-0.1, -0.05) is 25.4 Å². The van der Waals surface area contributed by atoms with Crippen molar-refractivity contribution in [3.8, 4) is 0 Å². The Labute approximate surface area is 115 Å². The van der Waals surface area contributed by atoms with Crippen LogP contribution in [0.3, 0.4) is 0 Å². The Morgan fingerprint density at radius 1 is 1.22 bits per heavy atom. The Balaban J connectivity index is 2.39. The molecule has 0 amide bonds. The number of nitrogens with zero attached hydrogens (tertiary/aromatic N) is 1. The molecule has 1 saturated heterocycles. The van der Waals surface area contributed by atoms with Gasteiger partial charge in [0, 0.05) is 18.8 Å². The highest BCUT2D eigenvalue weighted by atomic mass is 35.5. The highest BCUT2D eigenvalue weighted by molar-refractivity contribution is 6.34. The van der Waals surface area contributed by atoms with Crippen LogP contribution >= 0.6 is 11.6 Å². The fraction of sp³-hybridized carbons (Fsp3) is 0.600. The average Bonchev–Trinajstić information content (AvgIpc) is 2.30. The van der Waals surface area contributed by atoms with Crippen molar-refractivity contribution in [2.24, 2.45) is 11.8 Å². The Morgan fingerprint density at radius 2 is 1.78 bits per heavy atom. The lowest BCUT2D eigenvalue weighted by molar-refractivity contribution is 0.356. The summed E-state index contributed by atoms with van der Waals surface area (Å²) in [4.78, 5) is 2.46. The summed E-state index contributed by atoms with van der Waals surface area (Å²) in [5, 5.41) is 0.718. The zero-order chi connectivity index (χ0) is 13.4. The molecule has 1 heterocycles. The molecule has 1 aliphatic heterocycles. The first kappa shape index (κ1) is 13.5. The highest BCUT2D eigenvalue weighted by Crippen LogP contribution is 2.36. The smallest absolute Gasteiger partial charge is 0.0687 e. The highest BCUT2D eigenvalue weighted by Gasteiger charge is 2.24. The van der Waals surface area contributed by atoms with Gasteiger partial charge in [0.1, 0.15) is 0 Å². The molecule has 0 saturated carbocycles. The van der Waals surface area contributed by atoms with Crippen molar-refractivity contribution in [2.45, 2.75) is 34.1 Å². The first-order valence-corrected chi connectivity index (χ1v) is 7.08. The Kier molecular flexibility index (Phi) is 3.76. The van der Waals surface area contributed by atoms with Gasteiger partial charge < -0.3 is 10.6 Å². The van der Waals surface area contributed by atoms with Gasteiger partial charge in [0.15, 0.2) is 0 Å². The van der Waals surface area contributed by atoms with E-state index in [1.165, 1.54) is 12.1 Å². The second-order valence-corrected chi connectivity index (χ2v) is 6.29. The predicted molar refractivity (Wildman–Crippen MR) is 80.5 cm³/mol. The van der Waals surface area contributed by atoms with Gasteiger partial charge in [-0.05, 0) is 49.3 Å². The van der Waals surface area contributed by atoms with E-state index in [0.717, 1.165) is 46.8 Å². The van der Waals surface area contributed by atoms with Gasteiger partial charge in [-0.25, -0.2) is 0 Å². The molecule has 1 aliphatic rings. The maximum Gasteiger partial charge on any atom is 0.0687 e. The van der Waals surface area contributed by atoms with E-state index in [2.05, 4.69) is 31.7 Å². The zero-order valence-electron chi connectivity index (χ0n) is 11.8. The second kappa shape index (κ2) is 5.00. The summed E-state index contributed by atoms with van der Waals surface area (Å²) in [7, 11) is 0. The number of nitrogens with two attached hydrogens (primary N) is 1. The molecule has 2 atom stereocenters. The molecule has 18 heavy (non-hydrogen) atoms. The van der Waals surface area contributed by atoms with E-state index < -0.39 is 0 Å². The molecule has 2 rings (SSSR count). The molecule has 0 aliphatic carbocycles. The van der Waals surface area contributed by atoms with Gasteiger partial charge in [-0.3, -0.25) is 0 Å². The fourth-order valence-corrected chi connectivity index (χ4v) is 3.31. The van der Waals surface area contributed by atoms with Gasteiger partial charge in [0.25, 0.3) is 0 Å². The summed E-state index contributed by atoms with van der Waals surface area (Å²) in [5.74, 6) is 1.48. The van der Waals surface area contributed by atoms with Crippen molar-refractivity contribution in [3.05, 3.63) is 22.2 Å². The third kappa shape index (κ3) is 2.44. The van der Waals surface area contributed by atoms with Crippen molar-refractivity contribution in [2.75, 3.05) is 23.7 Å². The van der Waals surface area contributed by atoms with Gasteiger partial charge in [-0.15, -0.1) is 0 Å². The number of aryl methyl sites for hydroxylation is 1. The van der Waals surface area contributed by atoms with Crippen molar-refractivity contribution in [1.82, 2.24) is 0 Å². The van der Waals surface area contributed by atoms with Gasteiger partial charge in [0.05, 0.1) is 10.7 Å². The van der Waals surface area contributed by atoms with E-state index in [0.29, 0.717) is 0 Å². The molecule has 0 radical (unpaired) electrons. The van der Waals surface area contributed by atoms with Crippen LogP contribution in [0.1, 0.15) is 31.4 Å². The summed E-state index contributed by atoms with van der Waals surface area (Å²) >= 11 is 6.33. The Bertz CT molecular complexity index is 446. The van der Waals surface area contributed by atoms with E-state index in [9.17, 15) is 0 Å². The Morgan fingerprint density at radius 3 is 2.33 bits per heavy atom. The number of hydrogen-bond acceptors (Lipinski definition) is 2. The minimum absolute atomic E-state index is 0.718. The van der Waals surface area contributed by atoms with Crippen molar-refractivity contribution in [1.29, 1.82) is 0 Å².